The second-order valence-electron chi connectivity index (χ2n) is 7.67. The number of carbonyl (C=O) groups is 1. The normalized spacial score (nSPS) is 17.1. The number of rotatable bonds is 5. The van der Waals surface area contributed by atoms with E-state index in [1.165, 1.54) is 21.3 Å². The summed E-state index contributed by atoms with van der Waals surface area (Å²) in [4.78, 5) is 12.7. The molecule has 0 amide bonds. The number of hydrogen-bond acceptors (Lipinski definition) is 6. The minimum Gasteiger partial charge on any atom is -0.493 e. The molecule has 2 aromatic rings. The number of benzene rings is 2. The highest BCUT2D eigenvalue weighted by Crippen LogP contribution is 2.41. The quantitative estimate of drug-likeness (QED) is 0.598. The monoisotopic (exact) mass is 385 g/mol. The van der Waals surface area contributed by atoms with E-state index in [9.17, 15) is 4.79 Å². The van der Waals surface area contributed by atoms with Crippen molar-refractivity contribution in [1.29, 1.82) is 0 Å². The molecule has 1 aliphatic rings. The maximum atomic E-state index is 12.7. The lowest BCUT2D eigenvalue weighted by Crippen LogP contribution is -2.36. The fraction of sp³-hybridized carbons (Fsp3) is 0.409. The van der Waals surface area contributed by atoms with Crippen LogP contribution in [0.2, 0.25) is 0 Å². The minimum atomic E-state index is -0.490. The smallest absolute Gasteiger partial charge is 0.343 e. The molecule has 2 aromatic carbocycles. The number of fused-ring (bicyclic) bond motifs is 1. The molecule has 28 heavy (non-hydrogen) atoms. The van der Waals surface area contributed by atoms with E-state index in [0.717, 1.165) is 17.7 Å². The van der Waals surface area contributed by atoms with Crippen molar-refractivity contribution < 1.29 is 23.7 Å². The van der Waals surface area contributed by atoms with Gasteiger partial charge in [0.05, 0.1) is 26.9 Å². The molecule has 6 nitrogen and oxygen atoms in total. The molecule has 1 unspecified atom stereocenters. The Labute approximate surface area is 165 Å². The van der Waals surface area contributed by atoms with Crippen molar-refractivity contribution >= 4 is 11.7 Å². The van der Waals surface area contributed by atoms with Crippen LogP contribution in [0.4, 0.5) is 5.69 Å². The predicted molar refractivity (Wildman–Crippen MR) is 108 cm³/mol. The van der Waals surface area contributed by atoms with Gasteiger partial charge >= 0.3 is 5.97 Å². The molecule has 1 heterocycles. The lowest BCUT2D eigenvalue weighted by Gasteiger charge is -2.37. The van der Waals surface area contributed by atoms with Crippen molar-refractivity contribution in [1.82, 2.24) is 0 Å². The van der Waals surface area contributed by atoms with Crippen LogP contribution in [0.25, 0.3) is 0 Å². The standard InChI is InChI=1S/C22H27NO5/c1-13-12-22(2,3)23-17-8-7-15(11-16(13)17)28-21(24)14-9-18(25-4)20(27-6)19(10-14)26-5/h7-11,13,23H,12H2,1-6H3. The second-order valence-corrected chi connectivity index (χ2v) is 7.67. The van der Waals surface area contributed by atoms with Crippen LogP contribution in [0.5, 0.6) is 23.0 Å². The number of nitrogens with one attached hydrogen (secondary N) is 1. The van der Waals surface area contributed by atoms with Crippen molar-refractivity contribution in [2.45, 2.75) is 38.6 Å². The summed E-state index contributed by atoms with van der Waals surface area (Å²) in [5.41, 5.74) is 2.59. The van der Waals surface area contributed by atoms with Gasteiger partial charge in [-0.05, 0) is 62.1 Å². The van der Waals surface area contributed by atoms with Gasteiger partial charge < -0.3 is 24.3 Å². The highest BCUT2D eigenvalue weighted by atomic mass is 16.5. The van der Waals surface area contributed by atoms with Gasteiger partial charge in [0.1, 0.15) is 5.75 Å². The molecule has 0 aromatic heterocycles. The highest BCUT2D eigenvalue weighted by Gasteiger charge is 2.29. The fourth-order valence-corrected chi connectivity index (χ4v) is 3.78. The van der Waals surface area contributed by atoms with Crippen LogP contribution < -0.4 is 24.3 Å². The lowest BCUT2D eigenvalue weighted by atomic mass is 9.82. The van der Waals surface area contributed by atoms with Crippen molar-refractivity contribution in [3.8, 4) is 23.0 Å². The number of carbonyl (C=O) groups excluding carboxylic acids is 1. The zero-order chi connectivity index (χ0) is 20.5. The van der Waals surface area contributed by atoms with E-state index in [0.29, 0.717) is 34.5 Å². The van der Waals surface area contributed by atoms with Crippen LogP contribution in [0, 0.1) is 0 Å². The van der Waals surface area contributed by atoms with E-state index in [1.54, 1.807) is 18.2 Å². The van der Waals surface area contributed by atoms with Crippen molar-refractivity contribution in [3.63, 3.8) is 0 Å². The van der Waals surface area contributed by atoms with Crippen LogP contribution >= 0.6 is 0 Å². The van der Waals surface area contributed by atoms with Gasteiger partial charge in [-0.3, -0.25) is 0 Å². The van der Waals surface area contributed by atoms with Crippen molar-refractivity contribution in [3.05, 3.63) is 41.5 Å². The average Bonchev–Trinajstić information content (AvgIpc) is 2.66. The summed E-state index contributed by atoms with van der Waals surface area (Å²) in [5, 5.41) is 3.53. The van der Waals surface area contributed by atoms with Crippen LogP contribution in [0.1, 0.15) is 49.0 Å². The number of anilines is 1. The molecule has 6 heteroatoms. The largest absolute Gasteiger partial charge is 0.493 e. The van der Waals surface area contributed by atoms with Gasteiger partial charge in [0.2, 0.25) is 5.75 Å². The Bertz CT molecular complexity index is 865. The zero-order valence-corrected chi connectivity index (χ0v) is 17.2. The summed E-state index contributed by atoms with van der Waals surface area (Å²) in [6, 6.07) is 8.85. The second kappa shape index (κ2) is 7.62. The maximum absolute atomic E-state index is 12.7. The third kappa shape index (κ3) is 3.86. The van der Waals surface area contributed by atoms with E-state index in [2.05, 4.69) is 26.1 Å². The molecule has 150 valence electrons. The molecular formula is C22H27NO5. The molecule has 0 aliphatic carbocycles. The summed E-state index contributed by atoms with van der Waals surface area (Å²) < 4.78 is 21.5. The fourth-order valence-electron chi connectivity index (χ4n) is 3.78. The van der Waals surface area contributed by atoms with Crippen LogP contribution in [-0.2, 0) is 0 Å². The van der Waals surface area contributed by atoms with E-state index in [4.69, 9.17) is 18.9 Å². The minimum absolute atomic E-state index is 0.0425. The van der Waals surface area contributed by atoms with Crippen LogP contribution in [-0.4, -0.2) is 32.8 Å². The molecular weight excluding hydrogens is 358 g/mol. The molecule has 3 rings (SSSR count). The van der Waals surface area contributed by atoms with Crippen molar-refractivity contribution in [2.24, 2.45) is 0 Å². The summed E-state index contributed by atoms with van der Waals surface area (Å²) >= 11 is 0. The summed E-state index contributed by atoms with van der Waals surface area (Å²) in [5.74, 6) is 1.62. The first kappa shape index (κ1) is 19.9. The number of methoxy groups -OCH3 is 3. The molecule has 0 spiro atoms. The van der Waals surface area contributed by atoms with Gasteiger partial charge in [0, 0.05) is 11.2 Å². The first-order valence-electron chi connectivity index (χ1n) is 9.22. The van der Waals surface area contributed by atoms with E-state index >= 15 is 0 Å². The molecule has 1 aliphatic heterocycles. The van der Waals surface area contributed by atoms with E-state index in [-0.39, 0.29) is 5.54 Å². The molecule has 0 bridgehead atoms. The van der Waals surface area contributed by atoms with Crippen molar-refractivity contribution in [2.75, 3.05) is 26.6 Å². The number of hydrogen-bond donors (Lipinski definition) is 1. The van der Waals surface area contributed by atoms with E-state index < -0.39 is 5.97 Å². The Kier molecular flexibility index (Phi) is 5.40. The first-order chi connectivity index (χ1) is 13.3. The third-order valence-electron chi connectivity index (χ3n) is 4.95. The summed E-state index contributed by atoms with van der Waals surface area (Å²) in [6.45, 7) is 6.56. The Balaban J connectivity index is 1.87. The molecule has 0 saturated heterocycles. The number of esters is 1. The van der Waals surface area contributed by atoms with Gasteiger partial charge in [-0.1, -0.05) is 6.92 Å². The molecule has 0 saturated carbocycles. The maximum Gasteiger partial charge on any atom is 0.343 e. The Morgan fingerprint density at radius 3 is 2.25 bits per heavy atom. The Morgan fingerprint density at radius 1 is 1.04 bits per heavy atom. The SMILES string of the molecule is COc1cc(C(=O)Oc2ccc3c(c2)C(C)CC(C)(C)N3)cc(OC)c1OC. The lowest BCUT2D eigenvalue weighted by molar-refractivity contribution is 0.0733. The molecule has 1 atom stereocenters. The predicted octanol–water partition coefficient (Wildman–Crippen LogP) is 4.63. The van der Waals surface area contributed by atoms with Gasteiger partial charge in [0.15, 0.2) is 11.5 Å². The third-order valence-corrected chi connectivity index (χ3v) is 4.95. The number of ether oxygens (including phenoxy) is 4. The Morgan fingerprint density at radius 2 is 1.68 bits per heavy atom. The summed E-state index contributed by atoms with van der Waals surface area (Å²) in [7, 11) is 4.53. The highest BCUT2D eigenvalue weighted by molar-refractivity contribution is 5.92. The molecule has 0 radical (unpaired) electrons. The van der Waals surface area contributed by atoms with E-state index in [1.807, 2.05) is 12.1 Å². The van der Waals surface area contributed by atoms with Crippen LogP contribution in [0.3, 0.4) is 0 Å². The first-order valence-corrected chi connectivity index (χ1v) is 9.22. The van der Waals surface area contributed by atoms with Gasteiger partial charge in [-0.25, -0.2) is 4.79 Å². The summed E-state index contributed by atoms with van der Waals surface area (Å²) in [6.07, 6.45) is 1.00. The van der Waals surface area contributed by atoms with Gasteiger partial charge in [0.25, 0.3) is 0 Å². The molecule has 1 N–H and O–H groups in total. The molecule has 0 fully saturated rings. The zero-order valence-electron chi connectivity index (χ0n) is 17.2. The Hall–Kier alpha value is -2.89. The average molecular weight is 385 g/mol. The van der Waals surface area contributed by atoms with Crippen LogP contribution in [0.15, 0.2) is 30.3 Å². The van der Waals surface area contributed by atoms with Gasteiger partial charge in [-0.15, -0.1) is 0 Å². The van der Waals surface area contributed by atoms with Gasteiger partial charge in [-0.2, -0.15) is 0 Å². The topological polar surface area (TPSA) is 66.0 Å².